The topological polar surface area (TPSA) is 32.3 Å². The van der Waals surface area contributed by atoms with Gasteiger partial charge in [0.25, 0.3) is 5.91 Å². The molecule has 0 bridgehead atoms. The Balaban J connectivity index is 1.66. The van der Waals surface area contributed by atoms with Crippen molar-refractivity contribution in [1.82, 2.24) is 10.2 Å². The van der Waals surface area contributed by atoms with E-state index in [0.717, 1.165) is 13.0 Å². The molecule has 132 valence electrons. The molecule has 1 N–H and O–H groups in total. The molecule has 3 nitrogen and oxygen atoms in total. The SMILES string of the molecule is C[C@H](NC(=O)c1ccc(CN(C)C)cc1)c1ccc2c(c1)CCCC2. The van der Waals surface area contributed by atoms with Crippen LogP contribution in [-0.4, -0.2) is 24.9 Å². The van der Waals surface area contributed by atoms with E-state index in [9.17, 15) is 4.79 Å². The summed E-state index contributed by atoms with van der Waals surface area (Å²) in [5.41, 5.74) is 6.05. The van der Waals surface area contributed by atoms with Crippen molar-refractivity contribution in [1.29, 1.82) is 0 Å². The number of benzene rings is 2. The molecule has 0 saturated heterocycles. The summed E-state index contributed by atoms with van der Waals surface area (Å²) in [6, 6.07) is 14.6. The van der Waals surface area contributed by atoms with Gasteiger partial charge in [-0.2, -0.15) is 0 Å². The Labute approximate surface area is 151 Å². The van der Waals surface area contributed by atoms with Gasteiger partial charge < -0.3 is 10.2 Å². The summed E-state index contributed by atoms with van der Waals surface area (Å²) in [6.07, 6.45) is 4.92. The molecule has 0 heterocycles. The van der Waals surface area contributed by atoms with E-state index in [1.54, 1.807) is 0 Å². The third-order valence-electron chi connectivity index (χ3n) is 4.94. The first-order valence-corrected chi connectivity index (χ1v) is 9.19. The molecule has 0 unspecified atom stereocenters. The number of carbonyl (C=O) groups excluding carboxylic acids is 1. The van der Waals surface area contributed by atoms with Crippen LogP contribution in [0, 0.1) is 0 Å². The van der Waals surface area contributed by atoms with E-state index in [1.165, 1.54) is 41.5 Å². The van der Waals surface area contributed by atoms with Crippen LogP contribution >= 0.6 is 0 Å². The lowest BCUT2D eigenvalue weighted by Crippen LogP contribution is -2.26. The third kappa shape index (κ3) is 4.49. The van der Waals surface area contributed by atoms with Crippen LogP contribution in [-0.2, 0) is 19.4 Å². The van der Waals surface area contributed by atoms with E-state index in [2.05, 4.69) is 35.3 Å². The number of nitrogens with zero attached hydrogens (tertiary/aromatic N) is 1. The molecule has 1 aliphatic rings. The van der Waals surface area contributed by atoms with Gasteiger partial charge in [-0.1, -0.05) is 30.3 Å². The van der Waals surface area contributed by atoms with Gasteiger partial charge in [-0.3, -0.25) is 4.79 Å². The van der Waals surface area contributed by atoms with Crippen molar-refractivity contribution in [3.05, 3.63) is 70.3 Å². The fourth-order valence-corrected chi connectivity index (χ4v) is 3.51. The van der Waals surface area contributed by atoms with Gasteiger partial charge in [-0.25, -0.2) is 0 Å². The van der Waals surface area contributed by atoms with E-state index in [1.807, 2.05) is 38.4 Å². The Morgan fingerprint density at radius 2 is 1.72 bits per heavy atom. The van der Waals surface area contributed by atoms with Gasteiger partial charge in [0, 0.05) is 12.1 Å². The zero-order chi connectivity index (χ0) is 17.8. The van der Waals surface area contributed by atoms with Gasteiger partial charge in [-0.15, -0.1) is 0 Å². The molecule has 3 heteroatoms. The van der Waals surface area contributed by atoms with Crippen molar-refractivity contribution in [2.24, 2.45) is 0 Å². The quantitative estimate of drug-likeness (QED) is 0.891. The standard InChI is InChI=1S/C22H28N2O/c1-16(20-13-12-18-6-4-5-7-21(18)14-20)23-22(25)19-10-8-17(9-11-19)15-24(2)3/h8-14,16H,4-7,15H2,1-3H3,(H,23,25)/t16-/m0/s1. The van der Waals surface area contributed by atoms with E-state index in [-0.39, 0.29) is 11.9 Å². The van der Waals surface area contributed by atoms with Gasteiger partial charge >= 0.3 is 0 Å². The average Bonchev–Trinajstić information content (AvgIpc) is 2.61. The summed E-state index contributed by atoms with van der Waals surface area (Å²) in [5.74, 6) is -0.0124. The highest BCUT2D eigenvalue weighted by Gasteiger charge is 2.15. The minimum Gasteiger partial charge on any atom is -0.346 e. The van der Waals surface area contributed by atoms with Crippen molar-refractivity contribution in [3.8, 4) is 0 Å². The van der Waals surface area contributed by atoms with Gasteiger partial charge in [-0.05, 0) is 81.1 Å². The minimum absolute atomic E-state index is 0.0124. The second-order valence-corrected chi connectivity index (χ2v) is 7.37. The number of fused-ring (bicyclic) bond motifs is 1. The molecule has 3 rings (SSSR count). The highest BCUT2D eigenvalue weighted by molar-refractivity contribution is 5.94. The van der Waals surface area contributed by atoms with E-state index >= 15 is 0 Å². The molecule has 0 spiro atoms. The van der Waals surface area contributed by atoms with E-state index < -0.39 is 0 Å². The van der Waals surface area contributed by atoms with Crippen LogP contribution in [0.3, 0.4) is 0 Å². The first kappa shape index (κ1) is 17.7. The van der Waals surface area contributed by atoms with Crippen molar-refractivity contribution >= 4 is 5.91 Å². The highest BCUT2D eigenvalue weighted by Crippen LogP contribution is 2.25. The fourth-order valence-electron chi connectivity index (χ4n) is 3.51. The number of nitrogens with one attached hydrogen (secondary N) is 1. The number of rotatable bonds is 5. The van der Waals surface area contributed by atoms with Gasteiger partial charge in [0.15, 0.2) is 0 Å². The molecule has 0 radical (unpaired) electrons. The molecule has 2 aromatic rings. The predicted octanol–water partition coefficient (Wildman–Crippen LogP) is 4.12. The average molecular weight is 336 g/mol. The maximum absolute atomic E-state index is 12.5. The third-order valence-corrected chi connectivity index (χ3v) is 4.94. The monoisotopic (exact) mass is 336 g/mol. The second kappa shape index (κ2) is 7.83. The Hall–Kier alpha value is -2.13. The molecule has 2 aromatic carbocycles. The Kier molecular flexibility index (Phi) is 5.54. The van der Waals surface area contributed by atoms with Crippen molar-refractivity contribution in [2.75, 3.05) is 14.1 Å². The van der Waals surface area contributed by atoms with Crippen LogP contribution in [0.5, 0.6) is 0 Å². The number of hydrogen-bond acceptors (Lipinski definition) is 2. The smallest absolute Gasteiger partial charge is 0.251 e. The van der Waals surface area contributed by atoms with Gasteiger partial charge in [0.05, 0.1) is 6.04 Å². The van der Waals surface area contributed by atoms with E-state index in [0.29, 0.717) is 5.56 Å². The number of carbonyl (C=O) groups is 1. The molecule has 25 heavy (non-hydrogen) atoms. The van der Waals surface area contributed by atoms with Crippen LogP contribution in [0.25, 0.3) is 0 Å². The summed E-state index contributed by atoms with van der Waals surface area (Å²) in [5, 5.41) is 3.13. The molecular formula is C22H28N2O. The molecular weight excluding hydrogens is 308 g/mol. The summed E-state index contributed by atoms with van der Waals surface area (Å²) in [6.45, 7) is 2.94. The lowest BCUT2D eigenvalue weighted by atomic mass is 9.89. The fraction of sp³-hybridized carbons (Fsp3) is 0.409. The summed E-state index contributed by atoms with van der Waals surface area (Å²) < 4.78 is 0. The molecule has 0 fully saturated rings. The zero-order valence-corrected chi connectivity index (χ0v) is 15.5. The molecule has 0 aromatic heterocycles. The van der Waals surface area contributed by atoms with Crippen LogP contribution < -0.4 is 5.32 Å². The maximum atomic E-state index is 12.5. The number of amides is 1. The Morgan fingerprint density at radius 3 is 2.40 bits per heavy atom. The maximum Gasteiger partial charge on any atom is 0.251 e. The van der Waals surface area contributed by atoms with Gasteiger partial charge in [0.2, 0.25) is 0 Å². The lowest BCUT2D eigenvalue weighted by Gasteiger charge is -2.20. The molecule has 1 aliphatic carbocycles. The Morgan fingerprint density at radius 1 is 1.04 bits per heavy atom. The van der Waals surface area contributed by atoms with Crippen LogP contribution in [0.15, 0.2) is 42.5 Å². The molecule has 1 amide bonds. The van der Waals surface area contributed by atoms with Crippen LogP contribution in [0.2, 0.25) is 0 Å². The van der Waals surface area contributed by atoms with Crippen LogP contribution in [0.1, 0.15) is 58.4 Å². The van der Waals surface area contributed by atoms with Crippen molar-refractivity contribution in [3.63, 3.8) is 0 Å². The first-order chi connectivity index (χ1) is 12.0. The Bertz CT molecular complexity index is 734. The molecule has 0 aliphatic heterocycles. The highest BCUT2D eigenvalue weighted by atomic mass is 16.1. The summed E-state index contributed by atoms with van der Waals surface area (Å²) >= 11 is 0. The lowest BCUT2D eigenvalue weighted by molar-refractivity contribution is 0.0940. The number of hydrogen-bond donors (Lipinski definition) is 1. The van der Waals surface area contributed by atoms with Gasteiger partial charge in [0.1, 0.15) is 0 Å². The van der Waals surface area contributed by atoms with E-state index in [4.69, 9.17) is 0 Å². The van der Waals surface area contributed by atoms with Crippen molar-refractivity contribution in [2.45, 2.75) is 45.2 Å². The largest absolute Gasteiger partial charge is 0.346 e. The molecule has 1 atom stereocenters. The number of aryl methyl sites for hydroxylation is 2. The molecule has 0 saturated carbocycles. The summed E-state index contributed by atoms with van der Waals surface area (Å²) in [4.78, 5) is 14.6. The predicted molar refractivity (Wildman–Crippen MR) is 103 cm³/mol. The summed E-state index contributed by atoms with van der Waals surface area (Å²) in [7, 11) is 4.09. The van der Waals surface area contributed by atoms with Crippen molar-refractivity contribution < 1.29 is 4.79 Å². The second-order valence-electron chi connectivity index (χ2n) is 7.37. The first-order valence-electron chi connectivity index (χ1n) is 9.19. The minimum atomic E-state index is -0.0124. The normalized spacial score (nSPS) is 14.9. The van der Waals surface area contributed by atoms with Crippen LogP contribution in [0.4, 0.5) is 0 Å². The zero-order valence-electron chi connectivity index (χ0n) is 15.5.